The molecule has 1 aliphatic heterocycles. The molecule has 6 nitrogen and oxygen atoms in total. The summed E-state index contributed by atoms with van der Waals surface area (Å²) in [7, 11) is 0. The van der Waals surface area contributed by atoms with E-state index < -0.39 is 0 Å². The SMILES string of the molecule is Cc1cccc(/C=N/Nc2nc3c(c(N4CCOCC4)n2)CCC3)c1.[HH]. The largest absolute Gasteiger partial charge is 0.378 e. The highest BCUT2D eigenvalue weighted by Gasteiger charge is 2.24. The first-order valence-corrected chi connectivity index (χ1v) is 8.88. The molecule has 0 saturated carbocycles. The highest BCUT2D eigenvalue weighted by atomic mass is 16.5. The van der Waals surface area contributed by atoms with Gasteiger partial charge in [-0.25, -0.2) is 10.4 Å². The monoisotopic (exact) mass is 339 g/mol. The second-order valence-corrected chi connectivity index (χ2v) is 6.53. The minimum absolute atomic E-state index is 0. The van der Waals surface area contributed by atoms with Crippen molar-refractivity contribution in [2.75, 3.05) is 36.6 Å². The number of ether oxygens (including phenoxy) is 1. The minimum Gasteiger partial charge on any atom is -0.378 e. The van der Waals surface area contributed by atoms with E-state index in [4.69, 9.17) is 9.72 Å². The molecule has 0 unspecified atom stereocenters. The Morgan fingerprint density at radius 2 is 2.12 bits per heavy atom. The summed E-state index contributed by atoms with van der Waals surface area (Å²) in [6, 6.07) is 8.22. The van der Waals surface area contributed by atoms with Gasteiger partial charge in [0, 0.05) is 20.1 Å². The van der Waals surface area contributed by atoms with Gasteiger partial charge in [0.25, 0.3) is 0 Å². The van der Waals surface area contributed by atoms with Gasteiger partial charge in [-0.3, -0.25) is 0 Å². The molecular weight excluding hydrogens is 314 g/mol. The van der Waals surface area contributed by atoms with Crippen LogP contribution in [0.1, 0.15) is 30.2 Å². The van der Waals surface area contributed by atoms with Crippen molar-refractivity contribution in [3.05, 3.63) is 46.6 Å². The van der Waals surface area contributed by atoms with Crippen LogP contribution in [0.25, 0.3) is 0 Å². The number of hydrogen-bond acceptors (Lipinski definition) is 6. The molecule has 4 rings (SSSR count). The van der Waals surface area contributed by atoms with Crippen LogP contribution < -0.4 is 10.3 Å². The van der Waals surface area contributed by atoms with E-state index in [1.165, 1.54) is 11.1 Å². The Hall–Kier alpha value is -2.47. The van der Waals surface area contributed by atoms with Crippen LogP contribution in [0.5, 0.6) is 0 Å². The molecule has 1 N–H and O–H groups in total. The fourth-order valence-electron chi connectivity index (χ4n) is 3.41. The Balaban J connectivity index is 0.00000196. The molecule has 2 aliphatic rings. The first-order valence-electron chi connectivity index (χ1n) is 8.88. The maximum Gasteiger partial charge on any atom is 0.245 e. The molecule has 1 aliphatic carbocycles. The number of hydrogen-bond donors (Lipinski definition) is 1. The van der Waals surface area contributed by atoms with Gasteiger partial charge in [-0.2, -0.15) is 10.1 Å². The standard InChI is InChI=1S/C19H23N5O.H2/c1-14-4-2-5-15(12-14)13-20-23-19-21-17-7-3-6-16(17)18(22-19)24-8-10-25-11-9-24;/h2,4-5,12-13H,3,6-11H2,1H3,(H,21,22,23);1H/b20-13+;. The number of morpholine rings is 1. The smallest absolute Gasteiger partial charge is 0.245 e. The summed E-state index contributed by atoms with van der Waals surface area (Å²) in [4.78, 5) is 11.7. The Morgan fingerprint density at radius 1 is 1.24 bits per heavy atom. The van der Waals surface area contributed by atoms with Gasteiger partial charge in [0.2, 0.25) is 5.95 Å². The Labute approximate surface area is 149 Å². The lowest BCUT2D eigenvalue weighted by molar-refractivity contribution is 0.122. The molecule has 1 saturated heterocycles. The molecule has 0 spiro atoms. The van der Waals surface area contributed by atoms with Crippen LogP contribution in [0.2, 0.25) is 0 Å². The lowest BCUT2D eigenvalue weighted by Crippen LogP contribution is -2.37. The Kier molecular flexibility index (Phi) is 4.61. The number of aryl methyl sites for hydroxylation is 2. The molecule has 2 aromatic rings. The van der Waals surface area contributed by atoms with Gasteiger partial charge in [0.15, 0.2) is 0 Å². The van der Waals surface area contributed by atoms with Crippen LogP contribution >= 0.6 is 0 Å². The van der Waals surface area contributed by atoms with Crippen LogP contribution in [-0.4, -0.2) is 42.5 Å². The minimum atomic E-state index is 0. The lowest BCUT2D eigenvalue weighted by Gasteiger charge is -2.29. The van der Waals surface area contributed by atoms with E-state index in [1.54, 1.807) is 6.21 Å². The normalized spacial score (nSPS) is 17.1. The molecule has 1 fully saturated rings. The zero-order valence-corrected chi connectivity index (χ0v) is 14.5. The quantitative estimate of drug-likeness (QED) is 0.685. The zero-order valence-electron chi connectivity index (χ0n) is 14.5. The summed E-state index contributed by atoms with van der Waals surface area (Å²) >= 11 is 0. The van der Waals surface area contributed by atoms with Crippen molar-refractivity contribution in [3.63, 3.8) is 0 Å². The first kappa shape index (κ1) is 16.0. The van der Waals surface area contributed by atoms with E-state index in [0.29, 0.717) is 5.95 Å². The average Bonchev–Trinajstić information content (AvgIpc) is 3.10. The summed E-state index contributed by atoms with van der Waals surface area (Å²) in [5, 5.41) is 4.32. The van der Waals surface area contributed by atoms with Crippen molar-refractivity contribution in [2.24, 2.45) is 5.10 Å². The van der Waals surface area contributed by atoms with E-state index in [2.05, 4.69) is 39.5 Å². The average molecular weight is 339 g/mol. The summed E-state index contributed by atoms with van der Waals surface area (Å²) in [5.41, 5.74) is 7.74. The van der Waals surface area contributed by atoms with Crippen LogP contribution in [0, 0.1) is 6.92 Å². The number of nitrogens with zero attached hydrogens (tertiary/aromatic N) is 4. The van der Waals surface area contributed by atoms with Gasteiger partial charge in [-0.1, -0.05) is 29.8 Å². The molecule has 0 atom stereocenters. The van der Waals surface area contributed by atoms with Crippen LogP contribution in [0.15, 0.2) is 29.4 Å². The number of benzene rings is 1. The second-order valence-electron chi connectivity index (χ2n) is 6.53. The zero-order chi connectivity index (χ0) is 17.1. The van der Waals surface area contributed by atoms with Crippen LogP contribution in [0.3, 0.4) is 0 Å². The number of rotatable bonds is 4. The van der Waals surface area contributed by atoms with E-state index in [1.807, 2.05) is 12.1 Å². The van der Waals surface area contributed by atoms with Gasteiger partial charge >= 0.3 is 0 Å². The van der Waals surface area contributed by atoms with Crippen molar-refractivity contribution in [1.82, 2.24) is 9.97 Å². The van der Waals surface area contributed by atoms with Gasteiger partial charge < -0.3 is 9.64 Å². The molecule has 0 radical (unpaired) electrons. The highest BCUT2D eigenvalue weighted by molar-refractivity contribution is 5.80. The fourth-order valence-corrected chi connectivity index (χ4v) is 3.41. The third-order valence-corrected chi connectivity index (χ3v) is 4.64. The van der Waals surface area contributed by atoms with Crippen molar-refractivity contribution >= 4 is 18.0 Å². The lowest BCUT2D eigenvalue weighted by atomic mass is 10.2. The molecule has 2 heterocycles. The summed E-state index contributed by atoms with van der Waals surface area (Å²) < 4.78 is 5.47. The predicted octanol–water partition coefficient (Wildman–Crippen LogP) is 2.80. The summed E-state index contributed by atoms with van der Waals surface area (Å²) in [6.07, 6.45) is 5.04. The summed E-state index contributed by atoms with van der Waals surface area (Å²) in [5.74, 6) is 1.63. The fraction of sp³-hybridized carbons (Fsp3) is 0.421. The van der Waals surface area contributed by atoms with Crippen molar-refractivity contribution in [3.8, 4) is 0 Å². The molecule has 132 valence electrons. The topological polar surface area (TPSA) is 62.6 Å². The summed E-state index contributed by atoms with van der Waals surface area (Å²) in [6.45, 7) is 5.36. The number of hydrazone groups is 1. The van der Waals surface area contributed by atoms with E-state index in [0.717, 1.165) is 62.6 Å². The van der Waals surface area contributed by atoms with Gasteiger partial charge in [-0.05, 0) is 31.7 Å². The van der Waals surface area contributed by atoms with Gasteiger partial charge in [0.05, 0.1) is 25.1 Å². The van der Waals surface area contributed by atoms with E-state index in [9.17, 15) is 0 Å². The number of aromatic nitrogens is 2. The molecule has 0 amide bonds. The van der Waals surface area contributed by atoms with Crippen molar-refractivity contribution < 1.29 is 6.16 Å². The third-order valence-electron chi connectivity index (χ3n) is 4.64. The third kappa shape index (κ3) is 3.64. The number of anilines is 2. The molecule has 1 aromatic heterocycles. The van der Waals surface area contributed by atoms with Crippen LogP contribution in [0.4, 0.5) is 11.8 Å². The van der Waals surface area contributed by atoms with Crippen molar-refractivity contribution in [2.45, 2.75) is 26.2 Å². The highest BCUT2D eigenvalue weighted by Crippen LogP contribution is 2.30. The molecule has 6 heteroatoms. The number of fused-ring (bicyclic) bond motifs is 1. The van der Waals surface area contributed by atoms with E-state index >= 15 is 0 Å². The Morgan fingerprint density at radius 3 is 2.96 bits per heavy atom. The van der Waals surface area contributed by atoms with Gasteiger partial charge in [-0.15, -0.1) is 0 Å². The molecular formula is C19H25N5O. The first-order chi connectivity index (χ1) is 12.3. The second kappa shape index (κ2) is 7.19. The maximum absolute atomic E-state index is 5.47. The maximum atomic E-state index is 5.47. The Bertz CT molecular complexity index is 789. The van der Waals surface area contributed by atoms with Crippen molar-refractivity contribution in [1.29, 1.82) is 0 Å². The van der Waals surface area contributed by atoms with E-state index in [-0.39, 0.29) is 1.43 Å². The molecule has 1 aromatic carbocycles. The van der Waals surface area contributed by atoms with Gasteiger partial charge in [0.1, 0.15) is 5.82 Å². The van der Waals surface area contributed by atoms with Crippen LogP contribution in [-0.2, 0) is 17.6 Å². The predicted molar refractivity (Wildman–Crippen MR) is 102 cm³/mol. The molecule has 0 bridgehead atoms. The number of nitrogens with one attached hydrogen (secondary N) is 1. The molecule has 25 heavy (non-hydrogen) atoms.